The molecular weight excluding hydrogens is 254 g/mol. The normalized spacial score (nSPS) is 24.4. The number of Topliss-reactive ketones (excluding diaryl/α,β-unsaturated/α-hetero) is 1. The molecule has 0 bridgehead atoms. The van der Waals surface area contributed by atoms with Gasteiger partial charge in [-0.15, -0.1) is 0 Å². The van der Waals surface area contributed by atoms with Gasteiger partial charge in [0.2, 0.25) is 0 Å². The summed E-state index contributed by atoms with van der Waals surface area (Å²) < 4.78 is 5.93. The summed E-state index contributed by atoms with van der Waals surface area (Å²) in [5.41, 5.74) is 2.10. The lowest BCUT2D eigenvalue weighted by molar-refractivity contribution is -0.114. The van der Waals surface area contributed by atoms with Gasteiger partial charge in [0.15, 0.2) is 0 Å². The quantitative estimate of drug-likeness (QED) is 0.778. The fraction of sp³-hybridized carbons (Fsp3) is 0.500. The Kier molecular flexibility index (Phi) is 2.94. The van der Waals surface area contributed by atoms with Crippen LogP contribution >= 0.6 is 0 Å². The molecule has 106 valence electrons. The second-order valence-corrected chi connectivity index (χ2v) is 6.30. The third-order valence-corrected chi connectivity index (χ3v) is 4.07. The summed E-state index contributed by atoms with van der Waals surface area (Å²) in [6.07, 6.45) is 1.91. The molecule has 0 N–H and O–H groups in total. The molecule has 1 aromatic carbocycles. The molecule has 1 unspecified atom stereocenters. The van der Waals surface area contributed by atoms with E-state index in [4.69, 9.17) is 4.74 Å². The van der Waals surface area contributed by atoms with Crippen LogP contribution in [-0.4, -0.2) is 29.9 Å². The van der Waals surface area contributed by atoms with E-state index in [9.17, 15) is 9.59 Å². The first-order chi connectivity index (χ1) is 9.37. The SMILES string of the molecule is Cc1ccc2c(c1)C(=O)C(=O)N2CC1CCC(C)(C)O1. The van der Waals surface area contributed by atoms with Crippen LogP contribution in [-0.2, 0) is 9.53 Å². The molecule has 0 saturated carbocycles. The molecular formula is C16H19NO3. The lowest BCUT2D eigenvalue weighted by Crippen LogP contribution is -2.37. The number of ether oxygens (including phenoxy) is 1. The number of fused-ring (bicyclic) bond motifs is 1. The van der Waals surface area contributed by atoms with E-state index in [1.165, 1.54) is 0 Å². The second-order valence-electron chi connectivity index (χ2n) is 6.30. The molecule has 1 saturated heterocycles. The fourth-order valence-electron chi connectivity index (χ4n) is 3.01. The van der Waals surface area contributed by atoms with Crippen LogP contribution < -0.4 is 4.90 Å². The van der Waals surface area contributed by atoms with E-state index in [1.54, 1.807) is 11.0 Å². The highest BCUT2D eigenvalue weighted by Crippen LogP contribution is 2.34. The Bertz CT molecular complexity index is 591. The summed E-state index contributed by atoms with van der Waals surface area (Å²) in [6.45, 7) is 6.50. The number of carbonyl (C=O) groups excluding carboxylic acids is 2. The lowest BCUT2D eigenvalue weighted by atomic mass is 10.1. The van der Waals surface area contributed by atoms with Gasteiger partial charge in [0.1, 0.15) is 0 Å². The molecule has 1 atom stereocenters. The van der Waals surface area contributed by atoms with Crippen molar-refractivity contribution in [2.45, 2.75) is 45.3 Å². The zero-order chi connectivity index (χ0) is 14.5. The van der Waals surface area contributed by atoms with Gasteiger partial charge in [-0.25, -0.2) is 0 Å². The van der Waals surface area contributed by atoms with Crippen LogP contribution in [0.15, 0.2) is 18.2 Å². The van der Waals surface area contributed by atoms with Gasteiger partial charge in [-0.3, -0.25) is 9.59 Å². The number of ketones is 1. The minimum atomic E-state index is -0.432. The summed E-state index contributed by atoms with van der Waals surface area (Å²) >= 11 is 0. The van der Waals surface area contributed by atoms with Gasteiger partial charge < -0.3 is 9.64 Å². The first-order valence-electron chi connectivity index (χ1n) is 7.02. The molecule has 3 rings (SSSR count). The summed E-state index contributed by atoms with van der Waals surface area (Å²) in [5.74, 6) is -0.833. The largest absolute Gasteiger partial charge is 0.370 e. The van der Waals surface area contributed by atoms with Crippen molar-refractivity contribution < 1.29 is 14.3 Å². The number of benzene rings is 1. The number of hydrogen-bond donors (Lipinski definition) is 0. The lowest BCUT2D eigenvalue weighted by Gasteiger charge is -2.23. The molecule has 20 heavy (non-hydrogen) atoms. The molecule has 4 heteroatoms. The topological polar surface area (TPSA) is 46.6 Å². The van der Waals surface area contributed by atoms with Gasteiger partial charge in [-0.2, -0.15) is 0 Å². The number of amides is 1. The number of hydrogen-bond acceptors (Lipinski definition) is 3. The highest BCUT2D eigenvalue weighted by molar-refractivity contribution is 6.52. The molecule has 0 aromatic heterocycles. The van der Waals surface area contributed by atoms with Crippen LogP contribution in [0, 0.1) is 6.92 Å². The van der Waals surface area contributed by atoms with Crippen LogP contribution in [0.25, 0.3) is 0 Å². The van der Waals surface area contributed by atoms with Gasteiger partial charge in [0.25, 0.3) is 11.7 Å². The standard InChI is InChI=1S/C16H19NO3/c1-10-4-5-13-12(8-10)14(18)15(19)17(13)9-11-6-7-16(2,3)20-11/h4-5,8,11H,6-7,9H2,1-3H3. The third kappa shape index (κ3) is 2.14. The second kappa shape index (κ2) is 4.42. The van der Waals surface area contributed by atoms with Gasteiger partial charge in [0.05, 0.1) is 29.5 Å². The van der Waals surface area contributed by atoms with E-state index in [1.807, 2.05) is 19.1 Å². The van der Waals surface area contributed by atoms with Gasteiger partial charge in [-0.1, -0.05) is 11.6 Å². The molecule has 4 nitrogen and oxygen atoms in total. The molecule has 0 aliphatic carbocycles. The zero-order valence-electron chi connectivity index (χ0n) is 12.1. The Morgan fingerprint density at radius 3 is 2.75 bits per heavy atom. The minimum absolute atomic E-state index is 0.00834. The molecule has 1 amide bonds. The van der Waals surface area contributed by atoms with Crippen molar-refractivity contribution >= 4 is 17.4 Å². The summed E-state index contributed by atoms with van der Waals surface area (Å²) in [4.78, 5) is 25.7. The average Bonchev–Trinajstić information content (AvgIpc) is 2.83. The van der Waals surface area contributed by atoms with Crippen LogP contribution in [0.5, 0.6) is 0 Å². The van der Waals surface area contributed by atoms with Crippen molar-refractivity contribution in [3.8, 4) is 0 Å². The first kappa shape index (κ1) is 13.3. The van der Waals surface area contributed by atoms with Crippen molar-refractivity contribution in [1.82, 2.24) is 0 Å². The number of anilines is 1. The number of carbonyl (C=O) groups is 2. The maximum atomic E-state index is 12.1. The van der Waals surface area contributed by atoms with Crippen LogP contribution in [0.2, 0.25) is 0 Å². The summed E-state index contributed by atoms with van der Waals surface area (Å²) in [7, 11) is 0. The minimum Gasteiger partial charge on any atom is -0.370 e. The Balaban J connectivity index is 1.85. The van der Waals surface area contributed by atoms with Gasteiger partial charge >= 0.3 is 0 Å². The summed E-state index contributed by atoms with van der Waals surface area (Å²) in [6, 6.07) is 5.57. The maximum Gasteiger partial charge on any atom is 0.299 e. The van der Waals surface area contributed by atoms with E-state index in [0.717, 1.165) is 24.1 Å². The van der Waals surface area contributed by atoms with E-state index in [-0.39, 0.29) is 11.7 Å². The number of rotatable bonds is 2. The zero-order valence-corrected chi connectivity index (χ0v) is 12.1. The van der Waals surface area contributed by atoms with Crippen LogP contribution in [0.3, 0.4) is 0 Å². The molecule has 0 spiro atoms. The van der Waals surface area contributed by atoms with Crippen LogP contribution in [0.4, 0.5) is 5.69 Å². The molecule has 2 heterocycles. The molecule has 1 aromatic rings. The van der Waals surface area contributed by atoms with Crippen molar-refractivity contribution in [3.05, 3.63) is 29.3 Å². The van der Waals surface area contributed by atoms with Gasteiger partial charge in [-0.05, 0) is 45.7 Å². The Morgan fingerprint density at radius 2 is 2.10 bits per heavy atom. The van der Waals surface area contributed by atoms with Crippen molar-refractivity contribution in [2.75, 3.05) is 11.4 Å². The molecule has 2 aliphatic rings. The fourth-order valence-corrected chi connectivity index (χ4v) is 3.01. The van der Waals surface area contributed by atoms with E-state index >= 15 is 0 Å². The highest BCUT2D eigenvalue weighted by atomic mass is 16.5. The first-order valence-corrected chi connectivity index (χ1v) is 7.02. The molecule has 2 aliphatic heterocycles. The van der Waals surface area contributed by atoms with E-state index < -0.39 is 11.7 Å². The Labute approximate surface area is 118 Å². The number of aryl methyl sites for hydroxylation is 1. The maximum absolute atomic E-state index is 12.1. The average molecular weight is 273 g/mol. The van der Waals surface area contributed by atoms with Crippen molar-refractivity contribution in [1.29, 1.82) is 0 Å². The Hall–Kier alpha value is -1.68. The van der Waals surface area contributed by atoms with Crippen molar-refractivity contribution in [2.24, 2.45) is 0 Å². The van der Waals surface area contributed by atoms with E-state index in [0.29, 0.717) is 12.1 Å². The highest BCUT2D eigenvalue weighted by Gasteiger charge is 2.39. The van der Waals surface area contributed by atoms with Crippen molar-refractivity contribution in [3.63, 3.8) is 0 Å². The Morgan fingerprint density at radius 1 is 1.35 bits per heavy atom. The smallest absolute Gasteiger partial charge is 0.299 e. The summed E-state index contributed by atoms with van der Waals surface area (Å²) in [5, 5.41) is 0. The molecule has 0 radical (unpaired) electrons. The monoisotopic (exact) mass is 273 g/mol. The third-order valence-electron chi connectivity index (χ3n) is 4.07. The van der Waals surface area contributed by atoms with Gasteiger partial charge in [0, 0.05) is 0 Å². The van der Waals surface area contributed by atoms with Crippen LogP contribution in [0.1, 0.15) is 42.6 Å². The predicted octanol–water partition coefficient (Wildman–Crippen LogP) is 2.48. The van der Waals surface area contributed by atoms with E-state index in [2.05, 4.69) is 13.8 Å². The molecule has 1 fully saturated rings. The predicted molar refractivity (Wildman–Crippen MR) is 76.0 cm³/mol. The number of nitrogens with zero attached hydrogens (tertiary/aromatic N) is 1.